The molecule has 0 unspecified atom stereocenters. The third-order valence-electron chi connectivity index (χ3n) is 6.30. The Hall–Kier alpha value is -2.92. The average molecular weight is 445 g/mol. The van der Waals surface area contributed by atoms with Crippen LogP contribution >= 0.6 is 11.3 Å². The van der Waals surface area contributed by atoms with Crippen LogP contribution < -0.4 is 10.3 Å². The standard InChI is InChI=1S/C27H28N2O2S/c1-19-8-12-23(13-9-19)31-15-5-4-14-29-18-28-26-25(27(29)30)24(17-32-26)22-11-10-20-6-2-3-7-21(20)16-22/h8-13,16-18H,2-7,14-15H2,1H3. The van der Waals surface area contributed by atoms with Crippen molar-refractivity contribution in [2.45, 2.75) is 52.0 Å². The highest BCUT2D eigenvalue weighted by molar-refractivity contribution is 7.17. The molecule has 0 radical (unpaired) electrons. The number of unbranched alkanes of at least 4 members (excludes halogenated alkanes) is 1. The zero-order valence-electron chi connectivity index (χ0n) is 18.5. The summed E-state index contributed by atoms with van der Waals surface area (Å²) in [7, 11) is 0. The van der Waals surface area contributed by atoms with Gasteiger partial charge in [-0.2, -0.15) is 0 Å². The number of rotatable bonds is 7. The summed E-state index contributed by atoms with van der Waals surface area (Å²) in [4.78, 5) is 18.7. The van der Waals surface area contributed by atoms with Gasteiger partial charge in [-0.05, 0) is 74.3 Å². The molecule has 0 spiro atoms. The molecule has 2 aromatic carbocycles. The van der Waals surface area contributed by atoms with Crippen molar-refractivity contribution in [2.75, 3.05) is 6.61 Å². The smallest absolute Gasteiger partial charge is 0.262 e. The summed E-state index contributed by atoms with van der Waals surface area (Å²) in [6.45, 7) is 3.36. The van der Waals surface area contributed by atoms with Crippen molar-refractivity contribution in [3.8, 4) is 16.9 Å². The van der Waals surface area contributed by atoms with Crippen LogP contribution in [-0.2, 0) is 19.4 Å². The van der Waals surface area contributed by atoms with E-state index in [0.29, 0.717) is 13.2 Å². The predicted octanol–water partition coefficient (Wildman–Crippen LogP) is 6.17. The topological polar surface area (TPSA) is 44.1 Å². The molecule has 0 aliphatic heterocycles. The third kappa shape index (κ3) is 4.35. The second-order valence-electron chi connectivity index (χ2n) is 8.63. The fraction of sp³-hybridized carbons (Fsp3) is 0.333. The van der Waals surface area contributed by atoms with Crippen molar-refractivity contribution >= 4 is 21.6 Å². The first-order valence-electron chi connectivity index (χ1n) is 11.5. The Morgan fingerprint density at radius 3 is 2.69 bits per heavy atom. The Balaban J connectivity index is 1.29. The SMILES string of the molecule is Cc1ccc(OCCCCn2cnc3scc(-c4ccc5c(c4)CCCC5)c3c2=O)cc1. The van der Waals surface area contributed by atoms with Gasteiger partial charge in [0.1, 0.15) is 10.6 Å². The molecule has 1 aliphatic carbocycles. The van der Waals surface area contributed by atoms with E-state index in [4.69, 9.17) is 4.74 Å². The zero-order valence-corrected chi connectivity index (χ0v) is 19.3. The van der Waals surface area contributed by atoms with Gasteiger partial charge in [0, 0.05) is 17.5 Å². The number of fused-ring (bicyclic) bond motifs is 2. The Morgan fingerprint density at radius 1 is 1.03 bits per heavy atom. The number of hydrogen-bond acceptors (Lipinski definition) is 4. The van der Waals surface area contributed by atoms with E-state index in [-0.39, 0.29) is 5.56 Å². The number of aromatic nitrogens is 2. The summed E-state index contributed by atoms with van der Waals surface area (Å²) in [5, 5.41) is 2.84. The zero-order chi connectivity index (χ0) is 21.9. The van der Waals surface area contributed by atoms with Gasteiger partial charge in [-0.3, -0.25) is 9.36 Å². The monoisotopic (exact) mass is 444 g/mol. The van der Waals surface area contributed by atoms with Crippen LogP contribution in [0.3, 0.4) is 0 Å². The van der Waals surface area contributed by atoms with Crippen molar-refractivity contribution < 1.29 is 4.74 Å². The van der Waals surface area contributed by atoms with Crippen molar-refractivity contribution in [1.82, 2.24) is 9.55 Å². The second-order valence-corrected chi connectivity index (χ2v) is 9.49. The van der Waals surface area contributed by atoms with Gasteiger partial charge in [-0.1, -0.05) is 35.9 Å². The van der Waals surface area contributed by atoms with Crippen molar-refractivity contribution in [2.24, 2.45) is 0 Å². The van der Waals surface area contributed by atoms with E-state index >= 15 is 0 Å². The van der Waals surface area contributed by atoms with Crippen LogP contribution in [0, 0.1) is 6.92 Å². The third-order valence-corrected chi connectivity index (χ3v) is 7.19. The van der Waals surface area contributed by atoms with Crippen LogP contribution in [0.25, 0.3) is 21.3 Å². The lowest BCUT2D eigenvalue weighted by molar-refractivity contribution is 0.303. The van der Waals surface area contributed by atoms with Crippen LogP contribution in [0.5, 0.6) is 5.75 Å². The lowest BCUT2D eigenvalue weighted by Gasteiger charge is -2.16. The minimum atomic E-state index is 0.0587. The maximum absolute atomic E-state index is 13.3. The summed E-state index contributed by atoms with van der Waals surface area (Å²) in [5.41, 5.74) is 6.34. The molecule has 2 heterocycles. The molecule has 0 amide bonds. The van der Waals surface area contributed by atoms with Crippen LogP contribution in [0.2, 0.25) is 0 Å². The molecule has 0 saturated carbocycles. The van der Waals surface area contributed by atoms with Gasteiger partial charge in [0.05, 0.1) is 18.3 Å². The second kappa shape index (κ2) is 9.29. The van der Waals surface area contributed by atoms with Gasteiger partial charge in [0.2, 0.25) is 0 Å². The highest BCUT2D eigenvalue weighted by Crippen LogP contribution is 2.33. The molecule has 0 bridgehead atoms. The summed E-state index contributed by atoms with van der Waals surface area (Å²) >= 11 is 1.56. The van der Waals surface area contributed by atoms with Crippen molar-refractivity contribution in [3.63, 3.8) is 0 Å². The van der Waals surface area contributed by atoms with E-state index in [0.717, 1.165) is 46.4 Å². The van der Waals surface area contributed by atoms with Gasteiger partial charge in [0.25, 0.3) is 5.56 Å². The first kappa shape index (κ1) is 21.0. The Kier molecular flexibility index (Phi) is 6.08. The van der Waals surface area contributed by atoms with E-state index in [1.54, 1.807) is 22.2 Å². The van der Waals surface area contributed by atoms with Gasteiger partial charge < -0.3 is 4.74 Å². The molecule has 164 valence electrons. The number of nitrogens with zero attached hydrogens (tertiary/aromatic N) is 2. The molecular formula is C27H28N2O2S. The molecular weight excluding hydrogens is 416 g/mol. The highest BCUT2D eigenvalue weighted by Gasteiger charge is 2.16. The fourth-order valence-corrected chi connectivity index (χ4v) is 5.36. The number of hydrogen-bond donors (Lipinski definition) is 0. The van der Waals surface area contributed by atoms with E-state index in [9.17, 15) is 4.79 Å². The van der Waals surface area contributed by atoms with Crippen LogP contribution in [-0.4, -0.2) is 16.2 Å². The summed E-state index contributed by atoms with van der Waals surface area (Å²) in [6, 6.07) is 14.8. The predicted molar refractivity (Wildman–Crippen MR) is 132 cm³/mol. The van der Waals surface area contributed by atoms with E-state index < -0.39 is 0 Å². The average Bonchev–Trinajstić information content (AvgIpc) is 3.26. The molecule has 0 N–H and O–H groups in total. The van der Waals surface area contributed by atoms with Crippen LogP contribution in [0.1, 0.15) is 42.4 Å². The largest absolute Gasteiger partial charge is 0.494 e. The van der Waals surface area contributed by atoms with Gasteiger partial charge in [-0.25, -0.2) is 4.98 Å². The number of benzene rings is 2. The van der Waals surface area contributed by atoms with Gasteiger partial charge >= 0.3 is 0 Å². The molecule has 0 atom stereocenters. The van der Waals surface area contributed by atoms with Crippen molar-refractivity contribution in [1.29, 1.82) is 0 Å². The first-order valence-corrected chi connectivity index (χ1v) is 12.4. The molecule has 1 aliphatic rings. The maximum Gasteiger partial charge on any atom is 0.262 e. The molecule has 5 heteroatoms. The Morgan fingerprint density at radius 2 is 1.84 bits per heavy atom. The normalized spacial score (nSPS) is 13.3. The van der Waals surface area contributed by atoms with Crippen LogP contribution in [0.4, 0.5) is 0 Å². The molecule has 2 aromatic heterocycles. The fourth-order valence-electron chi connectivity index (χ4n) is 4.45. The van der Waals surface area contributed by atoms with Crippen molar-refractivity contribution in [3.05, 3.63) is 81.2 Å². The molecule has 4 nitrogen and oxygen atoms in total. The highest BCUT2D eigenvalue weighted by atomic mass is 32.1. The minimum Gasteiger partial charge on any atom is -0.494 e. The first-order chi connectivity index (χ1) is 15.7. The number of aryl methyl sites for hydroxylation is 4. The molecule has 32 heavy (non-hydrogen) atoms. The molecule has 0 fully saturated rings. The van der Waals surface area contributed by atoms with E-state index in [1.165, 1.54) is 36.0 Å². The quantitative estimate of drug-likeness (QED) is 0.320. The van der Waals surface area contributed by atoms with E-state index in [2.05, 4.69) is 47.6 Å². The maximum atomic E-state index is 13.3. The molecule has 4 aromatic rings. The lowest BCUT2D eigenvalue weighted by atomic mass is 9.89. The number of ether oxygens (including phenoxy) is 1. The minimum absolute atomic E-state index is 0.0587. The number of thiophene rings is 1. The van der Waals surface area contributed by atoms with Crippen LogP contribution in [0.15, 0.2) is 59.0 Å². The molecule has 0 saturated heterocycles. The molecule has 5 rings (SSSR count). The lowest BCUT2D eigenvalue weighted by Crippen LogP contribution is -2.20. The Bertz CT molecular complexity index is 1290. The summed E-state index contributed by atoms with van der Waals surface area (Å²) in [6.07, 6.45) is 8.29. The summed E-state index contributed by atoms with van der Waals surface area (Å²) in [5.74, 6) is 0.892. The van der Waals surface area contributed by atoms with E-state index in [1.807, 2.05) is 12.1 Å². The van der Waals surface area contributed by atoms with Gasteiger partial charge in [0.15, 0.2) is 0 Å². The summed E-state index contributed by atoms with van der Waals surface area (Å²) < 4.78 is 7.56. The van der Waals surface area contributed by atoms with Gasteiger partial charge in [-0.15, -0.1) is 11.3 Å². The Labute approximate surface area is 192 Å².